The molecule has 0 spiro atoms. The number of hydrogen-bond donors (Lipinski definition) is 2. The first kappa shape index (κ1) is 20.6. The van der Waals surface area contributed by atoms with Crippen molar-refractivity contribution in [3.8, 4) is 0 Å². The topological polar surface area (TPSA) is 47.9 Å². The summed E-state index contributed by atoms with van der Waals surface area (Å²) in [6, 6.07) is 8.61. The third kappa shape index (κ3) is 6.15. The second-order valence-corrected chi connectivity index (χ2v) is 6.83. The largest absolute Gasteiger partial charge is 0.388 e. The standard InChI is InChI=1S/C17H27N3OS.HI/c1-4-18-16(19-13-17(21)10-5-11-17)20(2)12-14-6-8-15(22-3)9-7-14;/h6-9,21H,4-5,10-13H2,1-3H3,(H,18,19);1H. The number of benzene rings is 1. The Kier molecular flexibility index (Phi) is 8.71. The first-order valence-electron chi connectivity index (χ1n) is 7.91. The lowest BCUT2D eigenvalue weighted by atomic mass is 9.80. The normalized spacial score (nSPS) is 16.3. The summed E-state index contributed by atoms with van der Waals surface area (Å²) in [5.41, 5.74) is 0.690. The molecule has 0 aromatic heterocycles. The van der Waals surface area contributed by atoms with Crippen LogP contribution in [0.15, 0.2) is 34.2 Å². The highest BCUT2D eigenvalue weighted by atomic mass is 127. The van der Waals surface area contributed by atoms with Crippen LogP contribution in [0.1, 0.15) is 31.7 Å². The van der Waals surface area contributed by atoms with Crippen molar-refractivity contribution >= 4 is 41.7 Å². The van der Waals surface area contributed by atoms with Gasteiger partial charge in [0.1, 0.15) is 0 Å². The molecule has 1 aromatic carbocycles. The molecule has 23 heavy (non-hydrogen) atoms. The van der Waals surface area contributed by atoms with Crippen LogP contribution in [0.25, 0.3) is 0 Å². The maximum absolute atomic E-state index is 10.2. The van der Waals surface area contributed by atoms with E-state index in [2.05, 4.69) is 52.7 Å². The van der Waals surface area contributed by atoms with Crippen molar-refractivity contribution in [2.75, 3.05) is 26.4 Å². The predicted molar refractivity (Wildman–Crippen MR) is 110 cm³/mol. The summed E-state index contributed by atoms with van der Waals surface area (Å²) < 4.78 is 0. The van der Waals surface area contributed by atoms with Crippen molar-refractivity contribution in [1.29, 1.82) is 0 Å². The third-order valence-electron chi connectivity index (χ3n) is 4.08. The lowest BCUT2D eigenvalue weighted by Gasteiger charge is -2.35. The average molecular weight is 449 g/mol. The number of nitrogens with one attached hydrogen (secondary N) is 1. The number of nitrogens with zero attached hydrogens (tertiary/aromatic N) is 2. The van der Waals surface area contributed by atoms with Crippen molar-refractivity contribution in [2.45, 2.75) is 43.2 Å². The maximum atomic E-state index is 10.2. The van der Waals surface area contributed by atoms with Crippen molar-refractivity contribution in [3.63, 3.8) is 0 Å². The zero-order valence-corrected chi connectivity index (χ0v) is 17.4. The smallest absolute Gasteiger partial charge is 0.194 e. The molecular weight excluding hydrogens is 421 g/mol. The van der Waals surface area contributed by atoms with Crippen LogP contribution in [0.3, 0.4) is 0 Å². The van der Waals surface area contributed by atoms with E-state index < -0.39 is 5.60 Å². The summed E-state index contributed by atoms with van der Waals surface area (Å²) in [5, 5.41) is 13.5. The number of rotatable bonds is 6. The predicted octanol–water partition coefficient (Wildman–Crippen LogP) is 3.34. The van der Waals surface area contributed by atoms with Crippen LogP contribution in [-0.2, 0) is 6.54 Å². The van der Waals surface area contributed by atoms with Gasteiger partial charge in [0.15, 0.2) is 5.96 Å². The summed E-state index contributed by atoms with van der Waals surface area (Å²) in [6.45, 7) is 4.19. The molecule has 0 amide bonds. The molecule has 2 rings (SSSR count). The van der Waals surface area contributed by atoms with Gasteiger partial charge >= 0.3 is 0 Å². The molecule has 6 heteroatoms. The second-order valence-electron chi connectivity index (χ2n) is 5.95. The molecule has 0 atom stereocenters. The molecule has 0 unspecified atom stereocenters. The molecule has 130 valence electrons. The Labute approximate surface area is 161 Å². The fourth-order valence-electron chi connectivity index (χ4n) is 2.51. The van der Waals surface area contributed by atoms with Crippen molar-refractivity contribution in [3.05, 3.63) is 29.8 Å². The minimum Gasteiger partial charge on any atom is -0.388 e. The summed E-state index contributed by atoms with van der Waals surface area (Å²) in [4.78, 5) is 8.00. The van der Waals surface area contributed by atoms with Gasteiger partial charge in [-0.05, 0) is 50.1 Å². The summed E-state index contributed by atoms with van der Waals surface area (Å²) in [6.07, 6.45) is 4.94. The Morgan fingerprint density at radius 3 is 2.48 bits per heavy atom. The highest BCUT2D eigenvalue weighted by Gasteiger charge is 2.34. The Bertz CT molecular complexity index is 503. The molecule has 0 radical (unpaired) electrons. The van der Waals surface area contributed by atoms with Crippen LogP contribution in [0.2, 0.25) is 0 Å². The molecule has 0 heterocycles. The molecule has 0 aliphatic heterocycles. The van der Waals surface area contributed by atoms with Gasteiger partial charge in [-0.1, -0.05) is 12.1 Å². The number of thioether (sulfide) groups is 1. The fourth-order valence-corrected chi connectivity index (χ4v) is 2.92. The van der Waals surface area contributed by atoms with Gasteiger partial charge in [-0.15, -0.1) is 35.7 Å². The van der Waals surface area contributed by atoms with E-state index in [-0.39, 0.29) is 24.0 Å². The Morgan fingerprint density at radius 2 is 2.00 bits per heavy atom. The van der Waals surface area contributed by atoms with Crippen LogP contribution in [-0.4, -0.2) is 48.0 Å². The molecule has 4 nitrogen and oxygen atoms in total. The minimum atomic E-state index is -0.568. The van der Waals surface area contributed by atoms with Gasteiger partial charge in [0.25, 0.3) is 0 Å². The molecule has 1 fully saturated rings. The van der Waals surface area contributed by atoms with Crippen molar-refractivity contribution in [2.24, 2.45) is 4.99 Å². The van der Waals surface area contributed by atoms with Crippen LogP contribution < -0.4 is 5.32 Å². The van der Waals surface area contributed by atoms with Crippen LogP contribution >= 0.6 is 35.7 Å². The molecule has 0 bridgehead atoms. The van der Waals surface area contributed by atoms with E-state index in [1.165, 1.54) is 10.5 Å². The lowest BCUT2D eigenvalue weighted by Crippen LogP contribution is -2.43. The van der Waals surface area contributed by atoms with Gasteiger partial charge in [-0.3, -0.25) is 4.99 Å². The molecule has 1 saturated carbocycles. The lowest BCUT2D eigenvalue weighted by molar-refractivity contribution is -0.0237. The second kappa shape index (κ2) is 9.74. The molecule has 0 saturated heterocycles. The Hall–Kier alpha value is -0.470. The zero-order valence-electron chi connectivity index (χ0n) is 14.2. The Morgan fingerprint density at radius 1 is 1.35 bits per heavy atom. The van der Waals surface area contributed by atoms with Gasteiger partial charge in [0.2, 0.25) is 0 Å². The highest BCUT2D eigenvalue weighted by Crippen LogP contribution is 2.31. The van der Waals surface area contributed by atoms with E-state index in [0.29, 0.717) is 6.54 Å². The van der Waals surface area contributed by atoms with Gasteiger partial charge in [0, 0.05) is 25.0 Å². The van der Waals surface area contributed by atoms with E-state index in [4.69, 9.17) is 0 Å². The number of halogens is 1. The van der Waals surface area contributed by atoms with E-state index in [0.717, 1.165) is 38.3 Å². The molecule has 2 N–H and O–H groups in total. The van der Waals surface area contributed by atoms with Crippen LogP contribution in [0.4, 0.5) is 0 Å². The number of aliphatic hydroxyl groups is 1. The van der Waals surface area contributed by atoms with Crippen LogP contribution in [0, 0.1) is 0 Å². The van der Waals surface area contributed by atoms with E-state index in [1.807, 2.05) is 7.05 Å². The third-order valence-corrected chi connectivity index (χ3v) is 4.83. The van der Waals surface area contributed by atoms with Gasteiger partial charge in [-0.25, -0.2) is 0 Å². The summed E-state index contributed by atoms with van der Waals surface area (Å²) in [5.74, 6) is 0.858. The average Bonchev–Trinajstić information content (AvgIpc) is 2.50. The molecule has 1 aromatic rings. The number of guanidine groups is 1. The minimum absolute atomic E-state index is 0. The zero-order chi connectivity index (χ0) is 16.0. The quantitative estimate of drug-likeness (QED) is 0.303. The fraction of sp³-hybridized carbons (Fsp3) is 0.588. The van der Waals surface area contributed by atoms with Crippen molar-refractivity contribution in [1.82, 2.24) is 10.2 Å². The highest BCUT2D eigenvalue weighted by molar-refractivity contribution is 14.0. The summed E-state index contributed by atoms with van der Waals surface area (Å²) >= 11 is 1.75. The summed E-state index contributed by atoms with van der Waals surface area (Å²) in [7, 11) is 2.04. The molecular formula is C17H28IN3OS. The van der Waals surface area contributed by atoms with E-state index in [1.54, 1.807) is 11.8 Å². The van der Waals surface area contributed by atoms with Gasteiger partial charge in [-0.2, -0.15) is 0 Å². The first-order chi connectivity index (χ1) is 10.6. The molecule has 1 aliphatic rings. The van der Waals surface area contributed by atoms with E-state index in [9.17, 15) is 5.11 Å². The van der Waals surface area contributed by atoms with Crippen molar-refractivity contribution < 1.29 is 5.11 Å². The van der Waals surface area contributed by atoms with Crippen LogP contribution in [0.5, 0.6) is 0 Å². The monoisotopic (exact) mass is 449 g/mol. The SMILES string of the molecule is CCNC(=NCC1(O)CCC1)N(C)Cc1ccc(SC)cc1.I. The Balaban J connectivity index is 0.00000264. The van der Waals surface area contributed by atoms with Gasteiger partial charge < -0.3 is 15.3 Å². The first-order valence-corrected chi connectivity index (χ1v) is 9.13. The maximum Gasteiger partial charge on any atom is 0.194 e. The van der Waals surface area contributed by atoms with Gasteiger partial charge in [0.05, 0.1) is 12.1 Å². The number of aliphatic imine (C=N–C) groups is 1. The number of hydrogen-bond acceptors (Lipinski definition) is 3. The van der Waals surface area contributed by atoms with E-state index >= 15 is 0 Å². The molecule has 1 aliphatic carbocycles.